The van der Waals surface area contributed by atoms with Crippen molar-refractivity contribution in [2.45, 2.75) is 9.79 Å². The molecule has 1 amide bonds. The Balaban J connectivity index is 1.83. The van der Waals surface area contributed by atoms with E-state index >= 15 is 0 Å². The lowest BCUT2D eigenvalue weighted by Gasteiger charge is -2.26. The molecule has 1 aliphatic heterocycles. The van der Waals surface area contributed by atoms with Crippen LogP contribution in [0, 0.1) is 0 Å². The number of methoxy groups -OCH3 is 1. The van der Waals surface area contributed by atoms with Gasteiger partial charge in [0.15, 0.2) is 0 Å². The fourth-order valence-electron chi connectivity index (χ4n) is 2.47. The summed E-state index contributed by atoms with van der Waals surface area (Å²) in [6, 6.07) is 14.7. The molecule has 0 aromatic heterocycles. The molecule has 10 heteroatoms. The number of morpholine rings is 1. The third kappa shape index (κ3) is 5.72. The highest BCUT2D eigenvalue weighted by Gasteiger charge is 2.25. The van der Waals surface area contributed by atoms with Gasteiger partial charge < -0.3 is 14.4 Å². The lowest BCUT2D eigenvalue weighted by molar-refractivity contribution is -0.127. The molecular weight excluding hydrogens is 416 g/mol. The highest BCUT2D eigenvalue weighted by atomic mass is 32.2. The molecule has 29 heavy (non-hydrogen) atoms. The summed E-state index contributed by atoms with van der Waals surface area (Å²) in [5, 5.41) is 3.64. The summed E-state index contributed by atoms with van der Waals surface area (Å²) in [5.74, 6) is 0.0994. The molecule has 1 aliphatic rings. The first-order valence-corrected chi connectivity index (χ1v) is 11.0. The molecule has 2 aromatic rings. The normalized spacial score (nSPS) is 15.1. The van der Waals surface area contributed by atoms with Gasteiger partial charge in [-0.2, -0.15) is 8.42 Å². The maximum atomic E-state index is 12.9. The second-order valence-corrected chi connectivity index (χ2v) is 8.51. The molecule has 0 atom stereocenters. The van der Waals surface area contributed by atoms with Gasteiger partial charge >= 0.3 is 10.1 Å². The largest absolute Gasteiger partial charge is 0.497 e. The fourth-order valence-corrected chi connectivity index (χ4v) is 4.05. The Bertz CT molecular complexity index is 956. The van der Waals surface area contributed by atoms with Crippen molar-refractivity contribution in [3.8, 4) is 5.75 Å². The Morgan fingerprint density at radius 1 is 1.07 bits per heavy atom. The number of hydrogen-bond donors (Lipinski definition) is 0. The van der Waals surface area contributed by atoms with Gasteiger partial charge in [0, 0.05) is 18.0 Å². The minimum atomic E-state index is -4.19. The molecule has 1 fully saturated rings. The van der Waals surface area contributed by atoms with Crippen LogP contribution in [0.4, 0.5) is 0 Å². The zero-order valence-corrected chi connectivity index (χ0v) is 17.3. The van der Waals surface area contributed by atoms with Crippen molar-refractivity contribution in [3.05, 3.63) is 54.6 Å². The van der Waals surface area contributed by atoms with Crippen molar-refractivity contribution in [3.63, 3.8) is 0 Å². The average Bonchev–Trinajstić information content (AvgIpc) is 2.77. The average molecular weight is 437 g/mol. The van der Waals surface area contributed by atoms with E-state index < -0.39 is 16.0 Å². The predicted octanol–water partition coefficient (Wildman–Crippen LogP) is 2.37. The predicted molar refractivity (Wildman–Crippen MR) is 108 cm³/mol. The number of carbonyl (C=O) groups is 1. The van der Waals surface area contributed by atoms with Gasteiger partial charge in [-0.3, -0.25) is 9.08 Å². The van der Waals surface area contributed by atoms with Crippen LogP contribution in [-0.2, 0) is 23.9 Å². The van der Waals surface area contributed by atoms with E-state index in [-0.39, 0.29) is 9.94 Å². The summed E-state index contributed by atoms with van der Waals surface area (Å²) < 4.78 is 40.1. The van der Waals surface area contributed by atoms with Crippen molar-refractivity contribution < 1.29 is 27.0 Å². The molecule has 0 unspecified atom stereocenters. The number of amides is 1. The van der Waals surface area contributed by atoms with E-state index in [1.54, 1.807) is 17.0 Å². The zero-order valence-electron chi connectivity index (χ0n) is 15.7. The first kappa shape index (κ1) is 21.2. The Morgan fingerprint density at radius 3 is 2.34 bits per heavy atom. The summed E-state index contributed by atoms with van der Waals surface area (Å²) in [6.07, 6.45) is 0. The van der Waals surface area contributed by atoms with Gasteiger partial charge in [0.2, 0.25) is 5.04 Å². The summed E-state index contributed by atoms with van der Waals surface area (Å²) in [6.45, 7) is 1.64. The van der Waals surface area contributed by atoms with Gasteiger partial charge in [0.1, 0.15) is 10.6 Å². The first-order chi connectivity index (χ1) is 14.0. The summed E-state index contributed by atoms with van der Waals surface area (Å²) in [5.41, 5.74) is 0. The van der Waals surface area contributed by atoms with Crippen molar-refractivity contribution in [2.24, 2.45) is 5.16 Å². The van der Waals surface area contributed by atoms with Crippen LogP contribution in [-0.4, -0.2) is 57.7 Å². The van der Waals surface area contributed by atoms with Crippen LogP contribution < -0.4 is 4.74 Å². The number of oxime groups is 1. The lowest BCUT2D eigenvalue weighted by Crippen LogP contribution is -2.43. The van der Waals surface area contributed by atoms with Crippen LogP contribution in [0.15, 0.2) is 69.5 Å². The van der Waals surface area contributed by atoms with Gasteiger partial charge in [-0.05, 0) is 36.4 Å². The van der Waals surface area contributed by atoms with Gasteiger partial charge in [-0.15, -0.1) is 0 Å². The maximum absolute atomic E-state index is 12.9. The van der Waals surface area contributed by atoms with E-state index in [0.29, 0.717) is 32.1 Å². The van der Waals surface area contributed by atoms with Crippen molar-refractivity contribution in [1.29, 1.82) is 0 Å². The number of thioether (sulfide) groups is 1. The zero-order chi connectivity index (χ0) is 20.7. The van der Waals surface area contributed by atoms with Crippen molar-refractivity contribution in [2.75, 3.05) is 33.4 Å². The lowest BCUT2D eigenvalue weighted by atomic mass is 10.3. The number of nitrogens with zero attached hydrogens (tertiary/aromatic N) is 2. The number of rotatable bonds is 5. The first-order valence-electron chi connectivity index (χ1n) is 8.75. The Hall–Kier alpha value is -2.56. The van der Waals surface area contributed by atoms with E-state index in [2.05, 4.69) is 5.16 Å². The van der Waals surface area contributed by atoms with Gasteiger partial charge in [-0.25, -0.2) is 0 Å². The van der Waals surface area contributed by atoms with Crippen molar-refractivity contribution >= 4 is 32.8 Å². The SMILES string of the molecule is COc1ccc(S(=O)(=O)ON=C(Sc2ccccc2)C(=O)N2CCOCC2)cc1. The highest BCUT2D eigenvalue weighted by Crippen LogP contribution is 2.23. The molecule has 1 saturated heterocycles. The van der Waals surface area contributed by atoms with E-state index in [1.165, 1.54) is 31.4 Å². The maximum Gasteiger partial charge on any atom is 0.358 e. The molecule has 0 saturated carbocycles. The minimum absolute atomic E-state index is 0.0739. The van der Waals surface area contributed by atoms with E-state index in [1.807, 2.05) is 18.2 Å². The van der Waals surface area contributed by atoms with Crippen LogP contribution in [0.2, 0.25) is 0 Å². The Kier molecular flexibility index (Phi) is 7.13. The van der Waals surface area contributed by atoms with E-state index in [9.17, 15) is 13.2 Å². The highest BCUT2D eigenvalue weighted by molar-refractivity contribution is 8.15. The Labute approximate surface area is 173 Å². The summed E-state index contributed by atoms with van der Waals surface area (Å²) >= 11 is 1.04. The van der Waals surface area contributed by atoms with Crippen molar-refractivity contribution in [1.82, 2.24) is 4.90 Å². The Morgan fingerprint density at radius 2 is 1.72 bits per heavy atom. The molecule has 0 spiro atoms. The van der Waals surface area contributed by atoms with E-state index in [4.69, 9.17) is 13.8 Å². The second-order valence-electron chi connectivity index (χ2n) is 5.92. The van der Waals surface area contributed by atoms with Crippen LogP contribution in [0.1, 0.15) is 0 Å². The smallest absolute Gasteiger partial charge is 0.358 e. The number of ether oxygens (including phenoxy) is 2. The topological polar surface area (TPSA) is 94.5 Å². The molecule has 8 nitrogen and oxygen atoms in total. The van der Waals surface area contributed by atoms with Gasteiger partial charge in [0.25, 0.3) is 5.91 Å². The van der Waals surface area contributed by atoms with Gasteiger partial charge in [-0.1, -0.05) is 35.1 Å². The molecule has 0 bridgehead atoms. The molecule has 1 heterocycles. The second kappa shape index (κ2) is 9.77. The monoisotopic (exact) mass is 436 g/mol. The molecule has 0 radical (unpaired) electrons. The van der Waals surface area contributed by atoms with Crippen LogP contribution in [0.25, 0.3) is 0 Å². The molecule has 2 aromatic carbocycles. The minimum Gasteiger partial charge on any atom is -0.497 e. The third-order valence-electron chi connectivity index (χ3n) is 4.01. The number of benzene rings is 2. The fraction of sp³-hybridized carbons (Fsp3) is 0.263. The summed E-state index contributed by atoms with van der Waals surface area (Å²) in [7, 11) is -2.71. The van der Waals surface area contributed by atoms with Crippen LogP contribution in [0.3, 0.4) is 0 Å². The molecule has 154 valence electrons. The van der Waals surface area contributed by atoms with Gasteiger partial charge in [0.05, 0.1) is 20.3 Å². The number of carbonyl (C=O) groups excluding carboxylic acids is 1. The third-order valence-corrected chi connectivity index (χ3v) is 6.08. The summed E-state index contributed by atoms with van der Waals surface area (Å²) in [4.78, 5) is 15.1. The molecule has 0 N–H and O–H groups in total. The van der Waals surface area contributed by atoms with Crippen LogP contribution >= 0.6 is 11.8 Å². The van der Waals surface area contributed by atoms with E-state index in [0.717, 1.165) is 16.7 Å². The molecule has 3 rings (SSSR count). The number of hydrogen-bond acceptors (Lipinski definition) is 8. The quantitative estimate of drug-likeness (QED) is 0.307. The standard InChI is InChI=1S/C19H20N2O6S2/c1-25-15-7-9-17(10-8-15)29(23,24)27-20-18(28-16-5-3-2-4-6-16)19(22)21-11-13-26-14-12-21/h2-10H,11-14H2,1H3. The van der Waals surface area contributed by atoms with Crippen LogP contribution in [0.5, 0.6) is 5.75 Å². The molecule has 0 aliphatic carbocycles. The molecular formula is C19H20N2O6S2.